The quantitative estimate of drug-likeness (QED) is 0.927. The van der Waals surface area contributed by atoms with Crippen LogP contribution in [-0.2, 0) is 9.59 Å². The van der Waals surface area contributed by atoms with E-state index in [1.807, 2.05) is 45.9 Å². The number of anilines is 1. The number of hydrogen-bond donors (Lipinski definition) is 1. The number of fused-ring (bicyclic) bond motifs is 1. The lowest BCUT2D eigenvalue weighted by molar-refractivity contribution is -0.129. The van der Waals surface area contributed by atoms with Crippen molar-refractivity contribution in [1.29, 1.82) is 0 Å². The van der Waals surface area contributed by atoms with Gasteiger partial charge >= 0.3 is 0 Å². The summed E-state index contributed by atoms with van der Waals surface area (Å²) >= 11 is 0. The standard InChI is InChI=1S/C16H22N2O3/c1-5-12-15(20)18(10-14(19)17-16(2,3)4)11-8-6-7-9-13(11)21-12/h6-9,12H,5,10H2,1-4H3,(H,17,19)/t12-/m1/s1. The van der Waals surface area contributed by atoms with Crippen LogP contribution in [0.15, 0.2) is 24.3 Å². The minimum atomic E-state index is -0.526. The van der Waals surface area contributed by atoms with Crippen LogP contribution >= 0.6 is 0 Å². The third kappa shape index (κ3) is 3.54. The molecule has 0 bridgehead atoms. The van der Waals surface area contributed by atoms with E-state index in [1.165, 1.54) is 4.90 Å². The highest BCUT2D eigenvalue weighted by Gasteiger charge is 2.34. The average Bonchev–Trinajstić information content (AvgIpc) is 2.39. The van der Waals surface area contributed by atoms with Gasteiger partial charge in [-0.05, 0) is 39.3 Å². The van der Waals surface area contributed by atoms with Gasteiger partial charge in [-0.15, -0.1) is 0 Å². The van der Waals surface area contributed by atoms with Crippen LogP contribution in [-0.4, -0.2) is 30.0 Å². The number of hydrogen-bond acceptors (Lipinski definition) is 3. The third-order valence-electron chi connectivity index (χ3n) is 3.15. The number of nitrogens with zero attached hydrogens (tertiary/aromatic N) is 1. The first-order chi connectivity index (χ1) is 9.81. The molecule has 0 radical (unpaired) electrons. The van der Waals surface area contributed by atoms with E-state index in [-0.39, 0.29) is 23.9 Å². The molecule has 114 valence electrons. The fourth-order valence-electron chi connectivity index (χ4n) is 2.30. The van der Waals surface area contributed by atoms with E-state index in [0.29, 0.717) is 17.9 Å². The normalized spacial score (nSPS) is 18.0. The topological polar surface area (TPSA) is 58.6 Å². The van der Waals surface area contributed by atoms with Gasteiger partial charge in [-0.25, -0.2) is 0 Å². The van der Waals surface area contributed by atoms with Gasteiger partial charge in [-0.3, -0.25) is 14.5 Å². The van der Waals surface area contributed by atoms with Gasteiger partial charge in [0, 0.05) is 5.54 Å². The summed E-state index contributed by atoms with van der Waals surface area (Å²) in [5.41, 5.74) is 0.326. The van der Waals surface area contributed by atoms with Gasteiger partial charge < -0.3 is 10.1 Å². The van der Waals surface area contributed by atoms with Gasteiger partial charge in [-0.1, -0.05) is 19.1 Å². The minimum absolute atomic E-state index is 0.00692. The smallest absolute Gasteiger partial charge is 0.268 e. The van der Waals surface area contributed by atoms with E-state index in [9.17, 15) is 9.59 Å². The monoisotopic (exact) mass is 290 g/mol. The molecule has 0 saturated carbocycles. The highest BCUT2D eigenvalue weighted by Crippen LogP contribution is 2.34. The van der Waals surface area contributed by atoms with Crippen molar-refractivity contribution in [3.05, 3.63) is 24.3 Å². The molecule has 0 aliphatic carbocycles. The summed E-state index contributed by atoms with van der Waals surface area (Å²) in [5, 5.41) is 2.88. The Labute approximate surface area is 125 Å². The molecule has 21 heavy (non-hydrogen) atoms. The molecule has 0 fully saturated rings. The minimum Gasteiger partial charge on any atom is -0.478 e. The van der Waals surface area contributed by atoms with E-state index in [0.717, 1.165) is 0 Å². The highest BCUT2D eigenvalue weighted by atomic mass is 16.5. The maximum atomic E-state index is 12.4. The summed E-state index contributed by atoms with van der Waals surface area (Å²) in [6, 6.07) is 7.30. The lowest BCUT2D eigenvalue weighted by Gasteiger charge is -2.34. The third-order valence-corrected chi connectivity index (χ3v) is 3.15. The summed E-state index contributed by atoms with van der Waals surface area (Å²) in [4.78, 5) is 26.1. The molecular formula is C16H22N2O3. The second-order valence-electron chi connectivity index (χ2n) is 6.21. The SMILES string of the molecule is CC[C@H]1Oc2ccccc2N(CC(=O)NC(C)(C)C)C1=O. The average molecular weight is 290 g/mol. The van der Waals surface area contributed by atoms with Crippen molar-refractivity contribution < 1.29 is 14.3 Å². The van der Waals surface area contributed by atoms with Crippen molar-refractivity contribution in [2.45, 2.75) is 45.8 Å². The van der Waals surface area contributed by atoms with Crippen molar-refractivity contribution in [3.8, 4) is 5.75 Å². The molecule has 1 aliphatic rings. The number of ether oxygens (including phenoxy) is 1. The predicted molar refractivity (Wildman–Crippen MR) is 81.4 cm³/mol. The molecule has 1 N–H and O–H groups in total. The Balaban J connectivity index is 2.24. The molecule has 5 nitrogen and oxygen atoms in total. The van der Waals surface area contributed by atoms with Crippen LogP contribution in [0.5, 0.6) is 5.75 Å². The lowest BCUT2D eigenvalue weighted by Crippen LogP contribution is -2.52. The molecule has 0 spiro atoms. The van der Waals surface area contributed by atoms with Crippen LogP contribution in [0.25, 0.3) is 0 Å². The van der Waals surface area contributed by atoms with Crippen LogP contribution in [0.1, 0.15) is 34.1 Å². The molecule has 0 saturated heterocycles. The number of nitrogens with one attached hydrogen (secondary N) is 1. The van der Waals surface area contributed by atoms with Crippen molar-refractivity contribution >= 4 is 17.5 Å². The van der Waals surface area contributed by atoms with Gasteiger partial charge in [0.1, 0.15) is 12.3 Å². The van der Waals surface area contributed by atoms with E-state index >= 15 is 0 Å². The molecule has 1 aliphatic heterocycles. The first-order valence-electron chi connectivity index (χ1n) is 7.20. The Kier molecular flexibility index (Phi) is 4.21. The zero-order valence-corrected chi connectivity index (χ0v) is 13.0. The Hall–Kier alpha value is -2.04. The molecule has 5 heteroatoms. The maximum absolute atomic E-state index is 12.4. The predicted octanol–water partition coefficient (Wildman–Crippen LogP) is 2.11. The number of para-hydroxylation sites is 2. The first-order valence-corrected chi connectivity index (χ1v) is 7.20. The summed E-state index contributed by atoms with van der Waals surface area (Å²) in [6.07, 6.45) is 0.0484. The van der Waals surface area contributed by atoms with Crippen molar-refractivity contribution in [2.75, 3.05) is 11.4 Å². The molecule has 0 aromatic heterocycles. The number of amides is 2. The molecule has 2 rings (SSSR count). The fraction of sp³-hybridized carbons (Fsp3) is 0.500. The Bertz CT molecular complexity index is 549. The summed E-state index contributed by atoms with van der Waals surface area (Å²) in [7, 11) is 0. The molecule has 1 aromatic carbocycles. The molecule has 1 atom stereocenters. The van der Waals surface area contributed by atoms with Crippen LogP contribution in [0.3, 0.4) is 0 Å². The number of carbonyl (C=O) groups is 2. The highest BCUT2D eigenvalue weighted by molar-refractivity contribution is 6.03. The van der Waals surface area contributed by atoms with E-state index < -0.39 is 6.10 Å². The summed E-state index contributed by atoms with van der Waals surface area (Å²) in [6.45, 7) is 7.63. The van der Waals surface area contributed by atoms with Gasteiger partial charge in [-0.2, -0.15) is 0 Å². The van der Waals surface area contributed by atoms with E-state index in [2.05, 4.69) is 5.32 Å². The van der Waals surface area contributed by atoms with Crippen LogP contribution < -0.4 is 15.0 Å². The Morgan fingerprint density at radius 2 is 2.00 bits per heavy atom. The molecule has 0 unspecified atom stereocenters. The van der Waals surface area contributed by atoms with Crippen molar-refractivity contribution in [1.82, 2.24) is 5.32 Å². The largest absolute Gasteiger partial charge is 0.478 e. The second kappa shape index (κ2) is 5.76. The van der Waals surface area contributed by atoms with Gasteiger partial charge in [0.25, 0.3) is 5.91 Å². The zero-order valence-electron chi connectivity index (χ0n) is 13.0. The number of rotatable bonds is 3. The van der Waals surface area contributed by atoms with Crippen molar-refractivity contribution in [3.63, 3.8) is 0 Å². The van der Waals surface area contributed by atoms with Crippen LogP contribution in [0.2, 0.25) is 0 Å². The Morgan fingerprint density at radius 1 is 1.33 bits per heavy atom. The van der Waals surface area contributed by atoms with Crippen LogP contribution in [0, 0.1) is 0 Å². The molecule has 2 amide bonds. The maximum Gasteiger partial charge on any atom is 0.268 e. The molecular weight excluding hydrogens is 268 g/mol. The Morgan fingerprint density at radius 3 is 2.62 bits per heavy atom. The zero-order chi connectivity index (χ0) is 15.6. The number of benzene rings is 1. The molecule has 1 heterocycles. The summed E-state index contributed by atoms with van der Waals surface area (Å²) in [5.74, 6) is 0.301. The van der Waals surface area contributed by atoms with Gasteiger partial charge in [0.2, 0.25) is 5.91 Å². The van der Waals surface area contributed by atoms with E-state index in [1.54, 1.807) is 6.07 Å². The van der Waals surface area contributed by atoms with Gasteiger partial charge in [0.15, 0.2) is 6.10 Å². The van der Waals surface area contributed by atoms with E-state index in [4.69, 9.17) is 4.74 Å². The second-order valence-corrected chi connectivity index (χ2v) is 6.21. The number of carbonyl (C=O) groups excluding carboxylic acids is 2. The fourth-order valence-corrected chi connectivity index (χ4v) is 2.30. The lowest BCUT2D eigenvalue weighted by atomic mass is 10.1. The van der Waals surface area contributed by atoms with Crippen molar-refractivity contribution in [2.24, 2.45) is 0 Å². The van der Waals surface area contributed by atoms with Crippen LogP contribution in [0.4, 0.5) is 5.69 Å². The first kappa shape index (κ1) is 15.4. The summed E-state index contributed by atoms with van der Waals surface area (Å²) < 4.78 is 5.68. The van der Waals surface area contributed by atoms with Gasteiger partial charge in [0.05, 0.1) is 5.69 Å². The molecule has 1 aromatic rings.